The third-order valence-electron chi connectivity index (χ3n) is 3.77. The first-order valence-corrected chi connectivity index (χ1v) is 7.84. The molecule has 7 heteroatoms. The second-order valence-corrected chi connectivity index (χ2v) is 6.08. The van der Waals surface area contributed by atoms with Crippen LogP contribution in [-0.2, 0) is 16.1 Å². The normalized spacial score (nSPS) is 13.5. The number of amides is 2. The zero-order chi connectivity index (χ0) is 17.3. The van der Waals surface area contributed by atoms with Crippen molar-refractivity contribution in [3.05, 3.63) is 46.9 Å². The van der Waals surface area contributed by atoms with Crippen LogP contribution >= 0.6 is 11.6 Å². The van der Waals surface area contributed by atoms with E-state index >= 15 is 0 Å². The van der Waals surface area contributed by atoms with Gasteiger partial charge in [0.2, 0.25) is 5.91 Å². The van der Waals surface area contributed by atoms with Crippen molar-refractivity contribution in [1.82, 2.24) is 4.90 Å². The number of anilines is 1. The van der Waals surface area contributed by atoms with Gasteiger partial charge in [-0.25, -0.2) is 0 Å². The number of fused-ring (bicyclic) bond motifs is 1. The number of halogens is 1. The van der Waals surface area contributed by atoms with Crippen molar-refractivity contribution in [3.8, 4) is 5.75 Å². The number of hydrogen-bond acceptors (Lipinski definition) is 4. The molecular formula is C17H17ClN2O4. The maximum atomic E-state index is 12.5. The minimum atomic E-state index is -0.277. The van der Waals surface area contributed by atoms with Crippen molar-refractivity contribution >= 4 is 29.1 Å². The van der Waals surface area contributed by atoms with Gasteiger partial charge in [0.25, 0.3) is 5.91 Å². The van der Waals surface area contributed by atoms with E-state index in [-0.39, 0.29) is 25.0 Å². The van der Waals surface area contributed by atoms with Crippen molar-refractivity contribution in [3.63, 3.8) is 0 Å². The maximum Gasteiger partial charge on any atom is 0.265 e. The van der Waals surface area contributed by atoms with E-state index in [0.717, 1.165) is 5.76 Å². The number of ether oxygens (including phenoxy) is 1. The monoisotopic (exact) mass is 348 g/mol. The fourth-order valence-electron chi connectivity index (χ4n) is 2.50. The number of aryl methyl sites for hydroxylation is 1. The van der Waals surface area contributed by atoms with Gasteiger partial charge in [-0.05, 0) is 37.3 Å². The molecule has 1 aliphatic heterocycles. The number of furan rings is 1. The lowest BCUT2D eigenvalue weighted by atomic mass is 10.2. The van der Waals surface area contributed by atoms with Gasteiger partial charge in [0.05, 0.1) is 12.2 Å². The number of rotatable bonds is 4. The lowest BCUT2D eigenvalue weighted by Crippen LogP contribution is -2.45. The van der Waals surface area contributed by atoms with Crippen LogP contribution in [0.1, 0.15) is 11.5 Å². The molecule has 1 aromatic heterocycles. The number of carbonyl (C=O) groups excluding carboxylic acids is 2. The summed E-state index contributed by atoms with van der Waals surface area (Å²) in [4.78, 5) is 27.6. The fourth-order valence-corrected chi connectivity index (χ4v) is 2.66. The highest BCUT2D eigenvalue weighted by molar-refractivity contribution is 6.31. The molecule has 6 nitrogen and oxygen atoms in total. The molecule has 0 saturated heterocycles. The topological polar surface area (TPSA) is 63.0 Å². The van der Waals surface area contributed by atoms with Gasteiger partial charge in [-0.2, -0.15) is 0 Å². The van der Waals surface area contributed by atoms with Gasteiger partial charge in [-0.15, -0.1) is 0 Å². The first kappa shape index (κ1) is 16.4. The Kier molecular flexibility index (Phi) is 4.49. The molecule has 0 radical (unpaired) electrons. The second-order valence-electron chi connectivity index (χ2n) is 5.64. The molecule has 0 spiro atoms. The van der Waals surface area contributed by atoms with E-state index in [1.165, 1.54) is 9.80 Å². The van der Waals surface area contributed by atoms with Crippen LogP contribution in [0.4, 0.5) is 5.69 Å². The third-order valence-corrected chi connectivity index (χ3v) is 4.01. The minimum Gasteiger partial charge on any atom is -0.482 e. The van der Waals surface area contributed by atoms with Crippen molar-refractivity contribution in [2.75, 3.05) is 25.1 Å². The summed E-state index contributed by atoms with van der Waals surface area (Å²) in [5, 5.41) is 0.476. The molecule has 0 saturated carbocycles. The van der Waals surface area contributed by atoms with E-state index in [2.05, 4.69) is 0 Å². The molecule has 2 amide bonds. The number of nitrogens with zero attached hydrogens (tertiary/aromatic N) is 2. The fraction of sp³-hybridized carbons (Fsp3) is 0.294. The zero-order valence-corrected chi connectivity index (χ0v) is 14.2. The molecule has 0 atom stereocenters. The lowest BCUT2D eigenvalue weighted by Gasteiger charge is -2.30. The van der Waals surface area contributed by atoms with Crippen LogP contribution < -0.4 is 9.64 Å². The molecule has 1 aliphatic rings. The van der Waals surface area contributed by atoms with E-state index in [4.69, 9.17) is 20.8 Å². The zero-order valence-electron chi connectivity index (χ0n) is 13.4. The average molecular weight is 349 g/mol. The number of hydrogen-bond donors (Lipinski definition) is 0. The Morgan fingerprint density at radius 3 is 2.83 bits per heavy atom. The predicted molar refractivity (Wildman–Crippen MR) is 89.2 cm³/mol. The molecule has 126 valence electrons. The smallest absolute Gasteiger partial charge is 0.265 e. The summed E-state index contributed by atoms with van der Waals surface area (Å²) >= 11 is 6.00. The summed E-state index contributed by atoms with van der Waals surface area (Å²) in [7, 11) is 1.67. The molecule has 0 bridgehead atoms. The lowest BCUT2D eigenvalue weighted by molar-refractivity contribution is -0.131. The van der Waals surface area contributed by atoms with Gasteiger partial charge in [-0.3, -0.25) is 14.5 Å². The van der Waals surface area contributed by atoms with Crippen LogP contribution in [0.3, 0.4) is 0 Å². The van der Waals surface area contributed by atoms with Crippen LogP contribution in [0.15, 0.2) is 34.7 Å². The largest absolute Gasteiger partial charge is 0.482 e. The Labute approximate surface area is 144 Å². The maximum absolute atomic E-state index is 12.5. The van der Waals surface area contributed by atoms with Gasteiger partial charge < -0.3 is 14.1 Å². The van der Waals surface area contributed by atoms with Crippen LogP contribution in [0, 0.1) is 6.92 Å². The van der Waals surface area contributed by atoms with Crippen LogP contribution in [0.2, 0.25) is 5.02 Å². The first-order valence-electron chi connectivity index (χ1n) is 7.46. The Bertz CT molecular complexity index is 787. The van der Waals surface area contributed by atoms with Crippen molar-refractivity contribution in [2.45, 2.75) is 13.5 Å². The van der Waals surface area contributed by atoms with Gasteiger partial charge >= 0.3 is 0 Å². The minimum absolute atomic E-state index is 0.0777. The van der Waals surface area contributed by atoms with Gasteiger partial charge in [0.1, 0.15) is 23.8 Å². The highest BCUT2D eigenvalue weighted by atomic mass is 35.5. The quantitative estimate of drug-likeness (QED) is 0.852. The summed E-state index contributed by atoms with van der Waals surface area (Å²) in [6.45, 7) is 2.01. The van der Waals surface area contributed by atoms with Crippen molar-refractivity contribution in [1.29, 1.82) is 0 Å². The van der Waals surface area contributed by atoms with E-state index in [1.807, 2.05) is 19.1 Å². The highest BCUT2D eigenvalue weighted by Gasteiger charge is 2.28. The first-order chi connectivity index (χ1) is 11.4. The summed E-state index contributed by atoms with van der Waals surface area (Å²) in [6.07, 6.45) is 0. The average Bonchev–Trinajstić information content (AvgIpc) is 2.95. The Balaban J connectivity index is 1.74. The van der Waals surface area contributed by atoms with Crippen LogP contribution in [-0.4, -0.2) is 36.9 Å². The highest BCUT2D eigenvalue weighted by Crippen LogP contribution is 2.34. The Morgan fingerprint density at radius 1 is 1.33 bits per heavy atom. The van der Waals surface area contributed by atoms with E-state index < -0.39 is 0 Å². The Hall–Kier alpha value is -2.47. The molecule has 1 aromatic carbocycles. The van der Waals surface area contributed by atoms with Gasteiger partial charge in [-0.1, -0.05) is 11.6 Å². The molecule has 0 aliphatic carbocycles. The number of carbonyl (C=O) groups is 2. The summed E-state index contributed by atoms with van der Waals surface area (Å²) in [5.41, 5.74) is 0.509. The molecule has 3 rings (SSSR count). The molecule has 24 heavy (non-hydrogen) atoms. The standard InChI is InChI=1S/C17H17ClN2O4/c1-11-3-5-13(24-11)8-19(2)16(21)9-20-14-7-12(18)4-6-15(14)23-10-17(20)22/h3-7H,8-10H2,1-2H3. The molecule has 0 fully saturated rings. The number of likely N-dealkylation sites (N-methyl/N-ethyl adjacent to an activating group) is 1. The van der Waals surface area contributed by atoms with Crippen molar-refractivity contribution in [2.24, 2.45) is 0 Å². The molecular weight excluding hydrogens is 332 g/mol. The van der Waals surface area contributed by atoms with E-state index in [0.29, 0.717) is 28.8 Å². The van der Waals surface area contributed by atoms with E-state index in [1.54, 1.807) is 25.2 Å². The van der Waals surface area contributed by atoms with E-state index in [9.17, 15) is 9.59 Å². The number of benzene rings is 1. The molecule has 2 heterocycles. The third kappa shape index (κ3) is 3.38. The second kappa shape index (κ2) is 6.57. The van der Waals surface area contributed by atoms with Crippen LogP contribution in [0.25, 0.3) is 0 Å². The summed E-state index contributed by atoms with van der Waals surface area (Å²) in [5.74, 6) is 1.54. The van der Waals surface area contributed by atoms with Gasteiger partial charge in [0.15, 0.2) is 6.61 Å². The molecule has 0 unspecified atom stereocenters. The molecule has 2 aromatic rings. The summed E-state index contributed by atoms with van der Waals surface area (Å²) < 4.78 is 10.8. The van der Waals surface area contributed by atoms with Gasteiger partial charge in [0, 0.05) is 12.1 Å². The summed E-state index contributed by atoms with van der Waals surface area (Å²) in [6, 6.07) is 8.67. The van der Waals surface area contributed by atoms with Crippen molar-refractivity contribution < 1.29 is 18.7 Å². The Morgan fingerprint density at radius 2 is 2.12 bits per heavy atom. The van der Waals surface area contributed by atoms with Crippen LogP contribution in [0.5, 0.6) is 5.75 Å². The molecule has 0 N–H and O–H groups in total. The SMILES string of the molecule is Cc1ccc(CN(C)C(=O)CN2C(=O)COc3ccc(Cl)cc32)o1. The predicted octanol–water partition coefficient (Wildman–Crippen LogP) is 2.63.